The molecular formula is C19H21N5O2. The second-order valence-electron chi connectivity index (χ2n) is 6.94. The molecule has 2 aliphatic rings. The second-order valence-corrected chi connectivity index (χ2v) is 6.94. The molecule has 2 aromatic heterocycles. The fourth-order valence-corrected chi connectivity index (χ4v) is 3.86. The SMILES string of the molecule is Cc1nnc(N2C[C@@H]3OCC(n4cccn4)CO[C@H]3C2)c2ccccc12. The Kier molecular flexibility index (Phi) is 3.83. The number of rotatable bonds is 2. The summed E-state index contributed by atoms with van der Waals surface area (Å²) in [6.07, 6.45) is 3.82. The first-order valence-corrected chi connectivity index (χ1v) is 8.99. The topological polar surface area (TPSA) is 65.3 Å². The Labute approximate surface area is 151 Å². The molecule has 0 amide bonds. The van der Waals surface area contributed by atoms with Crippen molar-refractivity contribution in [2.75, 3.05) is 31.2 Å². The lowest BCUT2D eigenvalue weighted by atomic mass is 10.1. The summed E-state index contributed by atoms with van der Waals surface area (Å²) in [7, 11) is 0. The van der Waals surface area contributed by atoms with Crippen LogP contribution in [0, 0.1) is 6.92 Å². The lowest BCUT2D eigenvalue weighted by Crippen LogP contribution is -2.27. The Morgan fingerprint density at radius 3 is 2.38 bits per heavy atom. The summed E-state index contributed by atoms with van der Waals surface area (Å²) in [6, 6.07) is 10.3. The summed E-state index contributed by atoms with van der Waals surface area (Å²) in [5, 5.41) is 15.4. The molecule has 0 saturated carbocycles. The Hall–Kier alpha value is -2.51. The third-order valence-corrected chi connectivity index (χ3v) is 5.27. The van der Waals surface area contributed by atoms with Crippen LogP contribution in [0.4, 0.5) is 5.82 Å². The van der Waals surface area contributed by atoms with Gasteiger partial charge in [-0.3, -0.25) is 4.68 Å². The number of ether oxygens (including phenoxy) is 2. The van der Waals surface area contributed by atoms with Gasteiger partial charge in [0.2, 0.25) is 0 Å². The van der Waals surface area contributed by atoms with Crippen LogP contribution in [-0.4, -0.2) is 58.5 Å². The summed E-state index contributed by atoms with van der Waals surface area (Å²) in [6.45, 7) is 4.74. The fourth-order valence-electron chi connectivity index (χ4n) is 3.86. The zero-order valence-electron chi connectivity index (χ0n) is 14.7. The summed E-state index contributed by atoms with van der Waals surface area (Å²) >= 11 is 0. The molecule has 2 saturated heterocycles. The van der Waals surface area contributed by atoms with E-state index in [1.807, 2.05) is 36.0 Å². The van der Waals surface area contributed by atoms with Gasteiger partial charge in [0.1, 0.15) is 12.2 Å². The molecule has 7 nitrogen and oxygen atoms in total. The molecule has 5 rings (SSSR count). The van der Waals surface area contributed by atoms with Crippen molar-refractivity contribution in [1.82, 2.24) is 20.0 Å². The maximum atomic E-state index is 6.18. The molecule has 1 aromatic carbocycles. The minimum absolute atomic E-state index is 0.0393. The van der Waals surface area contributed by atoms with Crippen molar-refractivity contribution in [3.05, 3.63) is 48.4 Å². The average molecular weight is 351 g/mol. The Morgan fingerprint density at radius 2 is 1.69 bits per heavy atom. The third kappa shape index (κ3) is 2.64. The van der Waals surface area contributed by atoms with E-state index in [4.69, 9.17) is 9.47 Å². The van der Waals surface area contributed by atoms with Crippen LogP contribution in [0.3, 0.4) is 0 Å². The van der Waals surface area contributed by atoms with E-state index in [2.05, 4.69) is 32.3 Å². The molecule has 0 unspecified atom stereocenters. The first-order valence-electron chi connectivity index (χ1n) is 8.99. The van der Waals surface area contributed by atoms with E-state index in [1.54, 1.807) is 6.20 Å². The monoisotopic (exact) mass is 351 g/mol. The lowest BCUT2D eigenvalue weighted by Gasteiger charge is -2.20. The van der Waals surface area contributed by atoms with Gasteiger partial charge >= 0.3 is 0 Å². The van der Waals surface area contributed by atoms with Crippen LogP contribution in [-0.2, 0) is 9.47 Å². The average Bonchev–Trinajstić information content (AvgIpc) is 3.30. The van der Waals surface area contributed by atoms with Crippen LogP contribution in [0.1, 0.15) is 11.7 Å². The van der Waals surface area contributed by atoms with Gasteiger partial charge in [-0.1, -0.05) is 24.3 Å². The fraction of sp³-hybridized carbons (Fsp3) is 0.421. The summed E-state index contributed by atoms with van der Waals surface area (Å²) in [4.78, 5) is 2.23. The van der Waals surface area contributed by atoms with Gasteiger partial charge < -0.3 is 14.4 Å². The highest BCUT2D eigenvalue weighted by molar-refractivity contribution is 5.93. The number of aryl methyl sites for hydroxylation is 1. The molecule has 0 spiro atoms. The molecule has 2 atom stereocenters. The summed E-state index contributed by atoms with van der Waals surface area (Å²) < 4.78 is 14.3. The van der Waals surface area contributed by atoms with Gasteiger partial charge in [0.05, 0.1) is 24.9 Å². The van der Waals surface area contributed by atoms with Gasteiger partial charge in [0.25, 0.3) is 0 Å². The molecule has 2 fully saturated rings. The molecule has 26 heavy (non-hydrogen) atoms. The molecule has 0 N–H and O–H groups in total. The van der Waals surface area contributed by atoms with E-state index in [-0.39, 0.29) is 18.2 Å². The zero-order chi connectivity index (χ0) is 17.5. The van der Waals surface area contributed by atoms with Gasteiger partial charge in [-0.05, 0) is 13.0 Å². The van der Waals surface area contributed by atoms with Gasteiger partial charge in [-0.2, -0.15) is 10.2 Å². The molecule has 3 aromatic rings. The highest BCUT2D eigenvalue weighted by Crippen LogP contribution is 2.31. The molecule has 0 radical (unpaired) electrons. The van der Waals surface area contributed by atoms with Crippen LogP contribution in [0.25, 0.3) is 10.8 Å². The summed E-state index contributed by atoms with van der Waals surface area (Å²) in [5.74, 6) is 0.912. The van der Waals surface area contributed by atoms with Gasteiger partial charge in [0, 0.05) is 36.3 Å². The van der Waals surface area contributed by atoms with E-state index >= 15 is 0 Å². The van der Waals surface area contributed by atoms with E-state index in [0.717, 1.165) is 35.4 Å². The van der Waals surface area contributed by atoms with E-state index in [1.165, 1.54) is 0 Å². The number of hydrogen-bond donors (Lipinski definition) is 0. The quantitative estimate of drug-likeness (QED) is 0.703. The minimum atomic E-state index is 0.0393. The highest BCUT2D eigenvalue weighted by atomic mass is 16.6. The van der Waals surface area contributed by atoms with Crippen molar-refractivity contribution in [1.29, 1.82) is 0 Å². The third-order valence-electron chi connectivity index (χ3n) is 5.27. The first-order chi connectivity index (χ1) is 12.8. The van der Waals surface area contributed by atoms with Gasteiger partial charge in [0.15, 0.2) is 5.82 Å². The van der Waals surface area contributed by atoms with Crippen molar-refractivity contribution in [2.45, 2.75) is 25.2 Å². The summed E-state index contributed by atoms with van der Waals surface area (Å²) in [5.41, 5.74) is 0.951. The van der Waals surface area contributed by atoms with Crippen LogP contribution in [0.5, 0.6) is 0 Å². The van der Waals surface area contributed by atoms with Crippen LogP contribution in [0.15, 0.2) is 42.7 Å². The zero-order valence-corrected chi connectivity index (χ0v) is 14.7. The Morgan fingerprint density at radius 1 is 0.962 bits per heavy atom. The highest BCUT2D eigenvalue weighted by Gasteiger charge is 2.39. The Bertz CT molecular complexity index is 897. The molecule has 7 heteroatoms. The van der Waals surface area contributed by atoms with E-state index < -0.39 is 0 Å². The number of anilines is 1. The minimum Gasteiger partial charge on any atom is -0.371 e. The van der Waals surface area contributed by atoms with Crippen LogP contribution >= 0.6 is 0 Å². The Balaban J connectivity index is 1.37. The normalized spacial score (nSPS) is 24.0. The molecule has 4 heterocycles. The van der Waals surface area contributed by atoms with Crippen LogP contribution in [0.2, 0.25) is 0 Å². The standard InChI is InChI=1S/C19H21N5O2/c1-13-15-5-2-3-6-16(15)19(22-21-13)23-9-17-18(10-23)26-12-14(11-25-17)24-8-4-7-20-24/h2-8,14,17-18H,9-12H2,1H3/t17-,18-/m0/s1. The molecule has 0 aliphatic carbocycles. The predicted molar refractivity (Wildman–Crippen MR) is 97.2 cm³/mol. The molecular weight excluding hydrogens is 330 g/mol. The van der Waals surface area contributed by atoms with Gasteiger partial charge in [-0.25, -0.2) is 0 Å². The first kappa shape index (κ1) is 15.7. The van der Waals surface area contributed by atoms with Crippen molar-refractivity contribution >= 4 is 16.6 Å². The lowest BCUT2D eigenvalue weighted by molar-refractivity contribution is -0.00461. The van der Waals surface area contributed by atoms with Gasteiger partial charge in [-0.15, -0.1) is 5.10 Å². The van der Waals surface area contributed by atoms with E-state index in [0.29, 0.717) is 13.2 Å². The van der Waals surface area contributed by atoms with Crippen molar-refractivity contribution in [3.63, 3.8) is 0 Å². The largest absolute Gasteiger partial charge is 0.371 e. The number of nitrogens with zero attached hydrogens (tertiary/aromatic N) is 5. The predicted octanol–water partition coefficient (Wildman–Crippen LogP) is 1.98. The van der Waals surface area contributed by atoms with Crippen molar-refractivity contribution in [3.8, 4) is 0 Å². The molecule has 2 aliphatic heterocycles. The van der Waals surface area contributed by atoms with E-state index in [9.17, 15) is 0 Å². The maximum absolute atomic E-state index is 6.18. The van der Waals surface area contributed by atoms with Crippen LogP contribution < -0.4 is 4.90 Å². The number of fused-ring (bicyclic) bond motifs is 2. The number of aromatic nitrogens is 4. The molecule has 134 valence electrons. The smallest absolute Gasteiger partial charge is 0.159 e. The van der Waals surface area contributed by atoms with Crippen molar-refractivity contribution in [2.24, 2.45) is 0 Å². The van der Waals surface area contributed by atoms with Crippen molar-refractivity contribution < 1.29 is 9.47 Å². The maximum Gasteiger partial charge on any atom is 0.159 e. The molecule has 0 bridgehead atoms. The number of benzene rings is 1. The number of hydrogen-bond acceptors (Lipinski definition) is 6. The second kappa shape index (κ2) is 6.34.